The van der Waals surface area contributed by atoms with Crippen LogP contribution in [0.3, 0.4) is 0 Å². The van der Waals surface area contributed by atoms with Crippen molar-refractivity contribution in [3.63, 3.8) is 0 Å². The standard InChI is InChI=1S/C14H11F3N2O4/c15-14(16,17)9-23-13-4-2-1-3-10(13)7-18-6-5-12(20)11(8-18)19(21)22/h1-6,8H,7,9H2. The predicted molar refractivity (Wildman–Crippen MR) is 74.5 cm³/mol. The van der Waals surface area contributed by atoms with Crippen molar-refractivity contribution in [1.29, 1.82) is 0 Å². The summed E-state index contributed by atoms with van der Waals surface area (Å²) in [6.45, 7) is -1.41. The fraction of sp³-hybridized carbons (Fsp3) is 0.214. The Morgan fingerprint density at radius 3 is 2.57 bits per heavy atom. The Balaban J connectivity index is 2.25. The van der Waals surface area contributed by atoms with Crippen LogP contribution in [0.2, 0.25) is 0 Å². The van der Waals surface area contributed by atoms with Crippen LogP contribution in [0.15, 0.2) is 47.5 Å². The van der Waals surface area contributed by atoms with Crippen LogP contribution < -0.4 is 10.2 Å². The maximum absolute atomic E-state index is 12.2. The molecule has 0 radical (unpaired) electrons. The van der Waals surface area contributed by atoms with E-state index in [-0.39, 0.29) is 12.3 Å². The molecule has 1 heterocycles. The van der Waals surface area contributed by atoms with Crippen LogP contribution in [-0.2, 0) is 6.54 Å². The molecule has 9 heteroatoms. The van der Waals surface area contributed by atoms with Gasteiger partial charge in [0.25, 0.3) is 5.43 Å². The van der Waals surface area contributed by atoms with E-state index in [0.29, 0.717) is 5.56 Å². The first-order valence-electron chi connectivity index (χ1n) is 6.38. The van der Waals surface area contributed by atoms with Gasteiger partial charge in [0.05, 0.1) is 17.7 Å². The number of hydrogen-bond acceptors (Lipinski definition) is 4. The van der Waals surface area contributed by atoms with Crippen molar-refractivity contribution in [2.24, 2.45) is 0 Å². The van der Waals surface area contributed by atoms with E-state index in [0.717, 1.165) is 12.3 Å². The molecule has 0 amide bonds. The fourth-order valence-corrected chi connectivity index (χ4v) is 1.88. The Kier molecular flexibility index (Phi) is 4.68. The van der Waals surface area contributed by atoms with Crippen LogP contribution in [0.4, 0.5) is 18.9 Å². The Morgan fingerprint density at radius 1 is 1.22 bits per heavy atom. The topological polar surface area (TPSA) is 74.4 Å². The van der Waals surface area contributed by atoms with E-state index in [2.05, 4.69) is 0 Å². The molecule has 0 aliphatic carbocycles. The summed E-state index contributed by atoms with van der Waals surface area (Å²) in [5, 5.41) is 10.7. The number of ether oxygens (including phenoxy) is 1. The van der Waals surface area contributed by atoms with Crippen molar-refractivity contribution in [2.75, 3.05) is 6.61 Å². The molecule has 6 nitrogen and oxygen atoms in total. The predicted octanol–water partition coefficient (Wildman–Crippen LogP) is 2.75. The lowest BCUT2D eigenvalue weighted by Crippen LogP contribution is -2.20. The number of nitro groups is 1. The number of nitrogens with zero attached hydrogens (tertiary/aromatic N) is 2. The summed E-state index contributed by atoms with van der Waals surface area (Å²) in [5.74, 6) is 0.0196. The fourth-order valence-electron chi connectivity index (χ4n) is 1.88. The molecular weight excluding hydrogens is 317 g/mol. The summed E-state index contributed by atoms with van der Waals surface area (Å²) >= 11 is 0. The van der Waals surface area contributed by atoms with Gasteiger partial charge in [0.1, 0.15) is 5.75 Å². The average Bonchev–Trinajstić information content (AvgIpc) is 2.47. The summed E-state index contributed by atoms with van der Waals surface area (Å²) < 4.78 is 42.8. The second-order valence-corrected chi connectivity index (χ2v) is 4.64. The number of halogens is 3. The summed E-state index contributed by atoms with van der Waals surface area (Å²) in [5.41, 5.74) is -0.955. The Morgan fingerprint density at radius 2 is 1.91 bits per heavy atom. The van der Waals surface area contributed by atoms with Crippen molar-refractivity contribution in [1.82, 2.24) is 4.57 Å². The van der Waals surface area contributed by atoms with Crippen LogP contribution in [0.5, 0.6) is 5.75 Å². The number of aromatic nitrogens is 1. The van der Waals surface area contributed by atoms with Crippen LogP contribution in [-0.4, -0.2) is 22.3 Å². The second-order valence-electron chi connectivity index (χ2n) is 4.64. The van der Waals surface area contributed by atoms with Gasteiger partial charge >= 0.3 is 11.9 Å². The van der Waals surface area contributed by atoms with Gasteiger partial charge in [-0.2, -0.15) is 13.2 Å². The van der Waals surface area contributed by atoms with E-state index >= 15 is 0 Å². The summed E-state index contributed by atoms with van der Waals surface area (Å²) in [7, 11) is 0. The van der Waals surface area contributed by atoms with E-state index in [1.807, 2.05) is 0 Å². The van der Waals surface area contributed by atoms with Crippen LogP contribution >= 0.6 is 0 Å². The van der Waals surface area contributed by atoms with Crippen LogP contribution in [0.1, 0.15) is 5.56 Å². The smallest absolute Gasteiger partial charge is 0.422 e. The quantitative estimate of drug-likeness (QED) is 0.625. The molecule has 0 aliphatic heterocycles. The van der Waals surface area contributed by atoms with Crippen molar-refractivity contribution in [2.45, 2.75) is 12.7 Å². The third-order valence-corrected chi connectivity index (χ3v) is 2.87. The average molecular weight is 328 g/mol. The molecule has 0 fully saturated rings. The molecule has 0 N–H and O–H groups in total. The van der Waals surface area contributed by atoms with Crippen LogP contribution in [0, 0.1) is 10.1 Å². The highest BCUT2D eigenvalue weighted by Gasteiger charge is 2.28. The molecule has 1 aromatic carbocycles. The van der Waals surface area contributed by atoms with Gasteiger partial charge in [-0.25, -0.2) is 0 Å². The first kappa shape index (κ1) is 16.5. The highest BCUT2D eigenvalue weighted by Crippen LogP contribution is 2.23. The zero-order valence-corrected chi connectivity index (χ0v) is 11.6. The number of hydrogen-bond donors (Lipinski definition) is 0. The third-order valence-electron chi connectivity index (χ3n) is 2.87. The number of alkyl halides is 3. The molecule has 23 heavy (non-hydrogen) atoms. The molecule has 0 saturated heterocycles. The molecule has 0 spiro atoms. The largest absolute Gasteiger partial charge is 0.484 e. The monoisotopic (exact) mass is 328 g/mol. The van der Waals surface area contributed by atoms with E-state index in [1.54, 1.807) is 6.07 Å². The Hall–Kier alpha value is -2.84. The summed E-state index contributed by atoms with van der Waals surface area (Å²) in [6.07, 6.45) is -2.12. The maximum Gasteiger partial charge on any atom is 0.422 e. The van der Waals surface area contributed by atoms with Crippen molar-refractivity contribution in [3.05, 3.63) is 68.6 Å². The Labute approximate surface area is 127 Å². The lowest BCUT2D eigenvalue weighted by molar-refractivity contribution is -0.386. The number of benzene rings is 1. The maximum atomic E-state index is 12.2. The SMILES string of the molecule is O=c1ccn(Cc2ccccc2OCC(F)(F)F)cc1[N+](=O)[O-]. The molecular formula is C14H11F3N2O4. The molecule has 0 atom stereocenters. The molecule has 122 valence electrons. The minimum Gasteiger partial charge on any atom is -0.484 e. The molecule has 2 rings (SSSR count). The minimum atomic E-state index is -4.47. The normalized spacial score (nSPS) is 11.3. The highest BCUT2D eigenvalue weighted by molar-refractivity contribution is 5.34. The lowest BCUT2D eigenvalue weighted by atomic mass is 10.2. The van der Waals surface area contributed by atoms with Crippen molar-refractivity contribution < 1.29 is 22.8 Å². The molecule has 0 aliphatic rings. The third kappa shape index (κ3) is 4.56. The first-order chi connectivity index (χ1) is 10.8. The molecule has 0 saturated carbocycles. The summed E-state index contributed by atoms with van der Waals surface area (Å²) in [6, 6.07) is 7.06. The Bertz CT molecular complexity index is 771. The number of pyridine rings is 1. The lowest BCUT2D eigenvalue weighted by Gasteiger charge is -2.14. The first-order valence-corrected chi connectivity index (χ1v) is 6.38. The zero-order chi connectivity index (χ0) is 17.0. The van der Waals surface area contributed by atoms with Gasteiger partial charge in [0.2, 0.25) is 0 Å². The minimum absolute atomic E-state index is 0.0196. The highest BCUT2D eigenvalue weighted by atomic mass is 19.4. The molecule has 1 aromatic heterocycles. The van der Waals surface area contributed by atoms with E-state index in [9.17, 15) is 28.1 Å². The van der Waals surface area contributed by atoms with Crippen molar-refractivity contribution >= 4 is 5.69 Å². The van der Waals surface area contributed by atoms with Crippen LogP contribution in [0.25, 0.3) is 0 Å². The van der Waals surface area contributed by atoms with Gasteiger partial charge < -0.3 is 9.30 Å². The molecule has 0 unspecified atom stereocenters. The van der Waals surface area contributed by atoms with Gasteiger partial charge in [-0.05, 0) is 6.07 Å². The zero-order valence-electron chi connectivity index (χ0n) is 11.6. The van der Waals surface area contributed by atoms with Gasteiger partial charge in [-0.1, -0.05) is 18.2 Å². The summed E-state index contributed by atoms with van der Waals surface area (Å²) in [4.78, 5) is 21.3. The van der Waals surface area contributed by atoms with Gasteiger partial charge in [0, 0.05) is 17.8 Å². The van der Waals surface area contributed by atoms with E-state index < -0.39 is 28.8 Å². The van der Waals surface area contributed by atoms with Gasteiger partial charge in [-0.3, -0.25) is 14.9 Å². The van der Waals surface area contributed by atoms with Crippen molar-refractivity contribution in [3.8, 4) is 5.75 Å². The van der Waals surface area contributed by atoms with Gasteiger partial charge in [-0.15, -0.1) is 0 Å². The number of rotatable bonds is 5. The van der Waals surface area contributed by atoms with Gasteiger partial charge in [0.15, 0.2) is 6.61 Å². The molecule has 2 aromatic rings. The molecule has 0 bridgehead atoms. The van der Waals surface area contributed by atoms with E-state index in [4.69, 9.17) is 4.74 Å². The second kappa shape index (κ2) is 6.51. The number of para-hydroxylation sites is 1. The van der Waals surface area contributed by atoms with E-state index in [1.165, 1.54) is 29.0 Å².